The molecular formula is C25H29N9O2. The lowest BCUT2D eigenvalue weighted by Crippen LogP contribution is -2.47. The average Bonchev–Trinajstić information content (AvgIpc) is 3.67. The van der Waals surface area contributed by atoms with Gasteiger partial charge < -0.3 is 30.1 Å². The van der Waals surface area contributed by atoms with Crippen molar-refractivity contribution in [2.45, 2.75) is 6.54 Å². The lowest BCUT2D eigenvalue weighted by molar-refractivity contribution is 0.249. The van der Waals surface area contributed by atoms with Crippen LogP contribution in [0.4, 0.5) is 11.6 Å². The first-order valence-corrected chi connectivity index (χ1v) is 12.1. The third kappa shape index (κ3) is 4.23. The smallest absolute Gasteiger partial charge is 0.223 e. The molecule has 1 fully saturated rings. The van der Waals surface area contributed by atoms with Gasteiger partial charge in [0.15, 0.2) is 11.4 Å². The first-order valence-electron chi connectivity index (χ1n) is 12.1. The highest BCUT2D eigenvalue weighted by Crippen LogP contribution is 2.26. The summed E-state index contributed by atoms with van der Waals surface area (Å²) in [6, 6.07) is 13.9. The molecule has 0 unspecified atom stereocenters. The number of aromatic nitrogens is 5. The molecule has 1 aliphatic rings. The summed E-state index contributed by atoms with van der Waals surface area (Å²) in [7, 11) is 0. The average molecular weight is 488 g/mol. The van der Waals surface area contributed by atoms with Gasteiger partial charge in [0, 0.05) is 51.5 Å². The maximum atomic E-state index is 6.25. The van der Waals surface area contributed by atoms with Crippen LogP contribution in [-0.4, -0.2) is 74.9 Å². The Balaban J connectivity index is 1.11. The predicted molar refractivity (Wildman–Crippen MR) is 138 cm³/mol. The second-order valence-electron chi connectivity index (χ2n) is 8.84. The van der Waals surface area contributed by atoms with Crippen LogP contribution >= 0.6 is 0 Å². The fraction of sp³-hybridized carbons (Fsp3) is 0.320. The molecule has 0 radical (unpaired) electrons. The zero-order chi connectivity index (χ0) is 24.5. The van der Waals surface area contributed by atoms with Crippen molar-refractivity contribution in [2.75, 3.05) is 56.5 Å². The van der Waals surface area contributed by atoms with E-state index < -0.39 is 0 Å². The third-order valence-electron chi connectivity index (χ3n) is 6.59. The lowest BCUT2D eigenvalue weighted by atomic mass is 10.2. The van der Waals surface area contributed by atoms with E-state index in [0.717, 1.165) is 61.7 Å². The van der Waals surface area contributed by atoms with Crippen molar-refractivity contribution in [3.8, 4) is 17.2 Å². The van der Waals surface area contributed by atoms with Gasteiger partial charge in [-0.05, 0) is 42.5 Å². The molecular weight excluding hydrogens is 458 g/mol. The molecule has 0 saturated carbocycles. The van der Waals surface area contributed by atoms with Gasteiger partial charge >= 0.3 is 0 Å². The van der Waals surface area contributed by atoms with Crippen LogP contribution in [0.2, 0.25) is 0 Å². The van der Waals surface area contributed by atoms with Crippen molar-refractivity contribution in [2.24, 2.45) is 5.73 Å². The zero-order valence-electron chi connectivity index (χ0n) is 20.0. The van der Waals surface area contributed by atoms with E-state index in [1.54, 1.807) is 10.8 Å². The van der Waals surface area contributed by atoms with Crippen LogP contribution in [-0.2, 0) is 6.54 Å². The second-order valence-corrected chi connectivity index (χ2v) is 8.84. The summed E-state index contributed by atoms with van der Waals surface area (Å²) in [6.45, 7) is 6.69. The predicted octanol–water partition coefficient (Wildman–Crippen LogP) is 2.08. The fourth-order valence-electron chi connectivity index (χ4n) is 4.67. The van der Waals surface area contributed by atoms with Crippen molar-refractivity contribution in [3.63, 3.8) is 0 Å². The van der Waals surface area contributed by atoms with Crippen LogP contribution in [0.15, 0.2) is 59.5 Å². The Hall–Kier alpha value is -4.09. The van der Waals surface area contributed by atoms with Crippen molar-refractivity contribution >= 4 is 28.3 Å². The number of hydrogen-bond acceptors (Lipinski definition) is 9. The number of ether oxygens (including phenoxy) is 1. The number of hydrogen-bond donors (Lipinski definition) is 2. The number of nitrogens with zero attached hydrogens (tertiary/aromatic N) is 7. The van der Waals surface area contributed by atoms with Gasteiger partial charge in [-0.1, -0.05) is 0 Å². The van der Waals surface area contributed by atoms with Crippen molar-refractivity contribution in [3.05, 3.63) is 55.1 Å². The number of benzene rings is 1. The minimum atomic E-state index is 0.324. The summed E-state index contributed by atoms with van der Waals surface area (Å²) >= 11 is 0. The molecule has 5 heterocycles. The van der Waals surface area contributed by atoms with Gasteiger partial charge in [-0.25, -0.2) is 4.98 Å². The number of anilines is 2. The number of nitrogen functional groups attached to an aromatic ring is 1. The van der Waals surface area contributed by atoms with Crippen molar-refractivity contribution in [1.29, 1.82) is 0 Å². The number of imidazole rings is 1. The lowest BCUT2D eigenvalue weighted by Gasteiger charge is -2.36. The van der Waals surface area contributed by atoms with Gasteiger partial charge in [-0.2, -0.15) is 14.6 Å². The highest BCUT2D eigenvalue weighted by atomic mass is 16.5. The van der Waals surface area contributed by atoms with Gasteiger partial charge in [-0.3, -0.25) is 4.90 Å². The summed E-state index contributed by atoms with van der Waals surface area (Å²) in [4.78, 5) is 14.1. The Morgan fingerprint density at radius 3 is 2.61 bits per heavy atom. The van der Waals surface area contributed by atoms with Gasteiger partial charge in [-0.15, -0.1) is 0 Å². The quantitative estimate of drug-likeness (QED) is 0.338. The summed E-state index contributed by atoms with van der Waals surface area (Å²) in [5, 5.41) is 4.54. The first-order chi connectivity index (χ1) is 17.7. The Morgan fingerprint density at radius 2 is 1.86 bits per heavy atom. The van der Waals surface area contributed by atoms with Gasteiger partial charge in [0.1, 0.15) is 29.1 Å². The largest absolute Gasteiger partial charge is 0.492 e. The standard InChI is InChI=1S/C25H29N9O2/c26-7-15-35-19-5-3-18(4-6-19)32-11-8-31(9-12-32)10-13-33-17-28-23-21-16-20(22-2-1-14-36-22)30-34(21)25(27)29-24(23)33/h1-6,14,16-17H,7-13,15,26H2,(H2,27,29). The van der Waals surface area contributed by atoms with Gasteiger partial charge in [0.2, 0.25) is 5.95 Å². The first kappa shape index (κ1) is 22.4. The van der Waals surface area contributed by atoms with E-state index >= 15 is 0 Å². The molecule has 1 saturated heterocycles. The highest BCUT2D eigenvalue weighted by Gasteiger charge is 2.19. The Kier molecular flexibility index (Phi) is 5.91. The summed E-state index contributed by atoms with van der Waals surface area (Å²) in [6.07, 6.45) is 3.46. The Bertz CT molecular complexity index is 1450. The maximum absolute atomic E-state index is 6.25. The minimum Gasteiger partial charge on any atom is -0.492 e. The second kappa shape index (κ2) is 9.51. The topological polar surface area (TPSA) is 129 Å². The SMILES string of the molecule is NCCOc1ccc(N2CCN(CCn3cnc4c3nc(N)n3nc(-c5ccco5)cc43)CC2)cc1. The molecule has 36 heavy (non-hydrogen) atoms. The van der Waals surface area contributed by atoms with E-state index in [-0.39, 0.29) is 0 Å². The van der Waals surface area contributed by atoms with Crippen LogP contribution in [0.5, 0.6) is 5.75 Å². The fourth-order valence-corrected chi connectivity index (χ4v) is 4.67. The number of rotatable bonds is 8. The van der Waals surface area contributed by atoms with Crippen LogP contribution in [0.1, 0.15) is 0 Å². The number of furan rings is 1. The highest BCUT2D eigenvalue weighted by molar-refractivity contribution is 5.90. The molecule has 11 heteroatoms. The summed E-state index contributed by atoms with van der Waals surface area (Å²) in [5.41, 5.74) is 16.0. The molecule has 0 atom stereocenters. The van der Waals surface area contributed by atoms with Crippen molar-refractivity contribution in [1.82, 2.24) is 29.0 Å². The molecule has 1 aliphatic heterocycles. The molecule has 5 aromatic rings. The molecule has 0 bridgehead atoms. The molecule has 0 amide bonds. The minimum absolute atomic E-state index is 0.324. The van der Waals surface area contributed by atoms with Crippen LogP contribution < -0.4 is 21.1 Å². The molecule has 6 rings (SSSR count). The van der Waals surface area contributed by atoms with Crippen LogP contribution in [0, 0.1) is 0 Å². The van der Waals surface area contributed by atoms with E-state index in [0.29, 0.717) is 30.6 Å². The van der Waals surface area contributed by atoms with Gasteiger partial charge in [0.05, 0.1) is 12.6 Å². The Morgan fingerprint density at radius 1 is 1.03 bits per heavy atom. The number of fused-ring (bicyclic) bond motifs is 3. The molecule has 4 aromatic heterocycles. The van der Waals surface area contributed by atoms with Gasteiger partial charge in [0.25, 0.3) is 0 Å². The van der Waals surface area contributed by atoms with Crippen LogP contribution in [0.25, 0.3) is 28.1 Å². The van der Waals surface area contributed by atoms with Crippen molar-refractivity contribution < 1.29 is 9.15 Å². The molecule has 0 spiro atoms. The van der Waals surface area contributed by atoms with E-state index in [9.17, 15) is 0 Å². The number of piperazine rings is 1. The summed E-state index contributed by atoms with van der Waals surface area (Å²) in [5.74, 6) is 1.86. The molecule has 11 nitrogen and oxygen atoms in total. The van der Waals surface area contributed by atoms with E-state index in [1.165, 1.54) is 5.69 Å². The monoisotopic (exact) mass is 487 g/mol. The van der Waals surface area contributed by atoms with E-state index in [1.807, 2.05) is 36.7 Å². The Labute approximate surface area is 207 Å². The molecule has 186 valence electrons. The van der Waals surface area contributed by atoms with E-state index in [4.69, 9.17) is 20.6 Å². The maximum Gasteiger partial charge on any atom is 0.223 e. The number of nitrogens with two attached hydrogens (primary N) is 2. The molecule has 4 N–H and O–H groups in total. The van der Waals surface area contributed by atoms with E-state index in [2.05, 4.69) is 41.6 Å². The molecule has 1 aromatic carbocycles. The molecule has 0 aliphatic carbocycles. The zero-order valence-corrected chi connectivity index (χ0v) is 20.0. The summed E-state index contributed by atoms with van der Waals surface area (Å²) < 4.78 is 14.8. The normalized spacial score (nSPS) is 14.8. The van der Waals surface area contributed by atoms with Crippen LogP contribution in [0.3, 0.4) is 0 Å². The third-order valence-corrected chi connectivity index (χ3v) is 6.59.